The lowest BCUT2D eigenvalue weighted by Gasteiger charge is -2.10. The number of hydrogen-bond acceptors (Lipinski definition) is 2. The third kappa shape index (κ3) is 6.51. The fourth-order valence-electron chi connectivity index (χ4n) is 2.13. The minimum absolute atomic E-state index is 0. The number of aliphatic imine (C=N–C) groups is 1. The molecule has 0 atom stereocenters. The van der Waals surface area contributed by atoms with E-state index in [1.165, 1.54) is 0 Å². The number of rotatable bonds is 5. The van der Waals surface area contributed by atoms with Crippen LogP contribution in [-0.4, -0.2) is 11.9 Å². The fourth-order valence-corrected chi connectivity index (χ4v) is 2.13. The van der Waals surface area contributed by atoms with Gasteiger partial charge < -0.3 is 10.5 Å². The van der Waals surface area contributed by atoms with Crippen LogP contribution >= 0.6 is 24.8 Å². The highest BCUT2D eigenvalue weighted by atomic mass is 35.5. The summed E-state index contributed by atoms with van der Waals surface area (Å²) in [5, 5.41) is 0. The zero-order chi connectivity index (χ0) is 15.2. The molecule has 3 nitrogen and oxygen atoms in total. The van der Waals surface area contributed by atoms with Crippen LogP contribution in [-0.2, 0) is 6.61 Å². The number of hydrogen-bond donors (Lipinski definition) is 1. The molecule has 0 aromatic heterocycles. The zero-order valence-electron chi connectivity index (χ0n) is 13.7. The molecule has 23 heavy (non-hydrogen) atoms. The van der Waals surface area contributed by atoms with Gasteiger partial charge in [-0.1, -0.05) is 36.4 Å². The van der Waals surface area contributed by atoms with Crippen molar-refractivity contribution in [2.75, 3.05) is 0 Å². The molecule has 5 heteroatoms. The topological polar surface area (TPSA) is 47.6 Å². The lowest BCUT2D eigenvalue weighted by molar-refractivity contribution is 0.306. The normalized spacial score (nSPS) is 10.7. The number of amidine groups is 1. The summed E-state index contributed by atoms with van der Waals surface area (Å²) < 4.78 is 5.75. The van der Waals surface area contributed by atoms with Crippen LogP contribution in [0.15, 0.2) is 53.5 Å². The third-order valence-corrected chi connectivity index (χ3v) is 3.11. The molecule has 0 aliphatic carbocycles. The van der Waals surface area contributed by atoms with Gasteiger partial charge in [0.2, 0.25) is 0 Å². The van der Waals surface area contributed by atoms with Crippen LogP contribution in [0.4, 0.5) is 0 Å². The van der Waals surface area contributed by atoms with Crippen LogP contribution in [0, 0.1) is 6.92 Å². The summed E-state index contributed by atoms with van der Waals surface area (Å²) in [7, 11) is 0. The Morgan fingerprint density at radius 1 is 1.09 bits per heavy atom. The number of para-hydroxylation sites is 1. The van der Waals surface area contributed by atoms with E-state index in [9.17, 15) is 0 Å². The lowest BCUT2D eigenvalue weighted by Crippen LogP contribution is -2.17. The largest absolute Gasteiger partial charge is 0.489 e. The van der Waals surface area contributed by atoms with Crippen LogP contribution in [0.1, 0.15) is 30.5 Å². The Morgan fingerprint density at radius 3 is 2.30 bits per heavy atom. The summed E-state index contributed by atoms with van der Waals surface area (Å²) in [6, 6.07) is 16.2. The Bertz CT molecular complexity index is 628. The van der Waals surface area contributed by atoms with Crippen LogP contribution < -0.4 is 10.5 Å². The molecule has 0 saturated heterocycles. The highest BCUT2D eigenvalue weighted by Gasteiger charge is 2.05. The molecule has 126 valence electrons. The number of ether oxygens (including phenoxy) is 1. The summed E-state index contributed by atoms with van der Waals surface area (Å²) in [5.74, 6) is 1.47. The van der Waals surface area contributed by atoms with Crippen molar-refractivity contribution in [1.82, 2.24) is 0 Å². The van der Waals surface area contributed by atoms with Crippen molar-refractivity contribution in [3.8, 4) is 5.75 Å². The van der Waals surface area contributed by atoms with Gasteiger partial charge in [0.05, 0.1) is 0 Å². The first-order valence-electron chi connectivity index (χ1n) is 7.17. The van der Waals surface area contributed by atoms with Crippen LogP contribution in [0.2, 0.25) is 0 Å². The maximum atomic E-state index is 6.03. The van der Waals surface area contributed by atoms with E-state index < -0.39 is 0 Å². The van der Waals surface area contributed by atoms with Crippen LogP contribution in [0.25, 0.3) is 0 Å². The molecule has 0 aliphatic heterocycles. The average Bonchev–Trinajstić information content (AvgIpc) is 2.45. The van der Waals surface area contributed by atoms with Crippen molar-refractivity contribution in [3.05, 3.63) is 65.2 Å². The molecule has 0 bridgehead atoms. The Labute approximate surface area is 150 Å². The first-order chi connectivity index (χ1) is 10.1. The highest BCUT2D eigenvalue weighted by molar-refractivity contribution is 5.98. The van der Waals surface area contributed by atoms with Gasteiger partial charge in [0.1, 0.15) is 18.2 Å². The van der Waals surface area contributed by atoms with Gasteiger partial charge in [-0.25, -0.2) is 0 Å². The van der Waals surface area contributed by atoms with E-state index in [0.29, 0.717) is 12.4 Å². The number of halogens is 2. The zero-order valence-corrected chi connectivity index (χ0v) is 15.3. The van der Waals surface area contributed by atoms with Gasteiger partial charge in [-0.3, -0.25) is 4.99 Å². The number of nitrogens with two attached hydrogens (primary N) is 1. The van der Waals surface area contributed by atoms with Gasteiger partial charge in [0.25, 0.3) is 0 Å². The molecule has 2 aromatic carbocycles. The van der Waals surface area contributed by atoms with Gasteiger partial charge in [-0.15, -0.1) is 24.8 Å². The second-order valence-electron chi connectivity index (χ2n) is 5.36. The smallest absolute Gasteiger partial charge is 0.126 e. The van der Waals surface area contributed by atoms with Gasteiger partial charge in [0.15, 0.2) is 0 Å². The van der Waals surface area contributed by atoms with Crippen LogP contribution in [0.3, 0.4) is 0 Å². The maximum Gasteiger partial charge on any atom is 0.126 e. The van der Waals surface area contributed by atoms with Crippen molar-refractivity contribution in [3.63, 3.8) is 0 Å². The van der Waals surface area contributed by atoms with E-state index >= 15 is 0 Å². The summed E-state index contributed by atoms with van der Waals surface area (Å²) in [5.41, 5.74) is 9.26. The van der Waals surface area contributed by atoms with E-state index in [-0.39, 0.29) is 30.9 Å². The first kappa shape index (κ1) is 21.3. The second kappa shape index (κ2) is 10.1. The fraction of sp³-hybridized carbons (Fsp3) is 0.278. The number of nitrogens with zero attached hydrogens (tertiary/aromatic N) is 1. The lowest BCUT2D eigenvalue weighted by atomic mass is 10.0. The molecule has 0 saturated carbocycles. The predicted molar refractivity (Wildman–Crippen MR) is 102 cm³/mol. The molecule has 0 amide bonds. The maximum absolute atomic E-state index is 6.03. The van der Waals surface area contributed by atoms with Gasteiger partial charge in [-0.2, -0.15) is 0 Å². The molecule has 0 fully saturated rings. The van der Waals surface area contributed by atoms with E-state index in [1.807, 2.05) is 63.2 Å². The van der Waals surface area contributed by atoms with E-state index in [4.69, 9.17) is 10.5 Å². The second-order valence-corrected chi connectivity index (χ2v) is 5.36. The van der Waals surface area contributed by atoms with E-state index in [1.54, 1.807) is 0 Å². The Morgan fingerprint density at radius 2 is 1.74 bits per heavy atom. The van der Waals surface area contributed by atoms with Crippen molar-refractivity contribution < 1.29 is 4.74 Å². The summed E-state index contributed by atoms with van der Waals surface area (Å²) in [6.45, 7) is 6.63. The summed E-state index contributed by atoms with van der Waals surface area (Å²) >= 11 is 0. The summed E-state index contributed by atoms with van der Waals surface area (Å²) in [6.07, 6.45) is 0. The molecule has 0 radical (unpaired) electrons. The number of aryl methyl sites for hydroxylation is 1. The van der Waals surface area contributed by atoms with Crippen molar-refractivity contribution >= 4 is 30.6 Å². The van der Waals surface area contributed by atoms with Crippen molar-refractivity contribution in [2.45, 2.75) is 33.4 Å². The molecule has 0 aliphatic rings. The number of benzene rings is 2. The van der Waals surface area contributed by atoms with Gasteiger partial charge in [0, 0.05) is 11.6 Å². The monoisotopic (exact) mass is 354 g/mol. The quantitative estimate of drug-likeness (QED) is 0.633. The SMILES string of the molecule is Cc1cc(COc2ccccc2)ccc1C(N)=NC(C)C.Cl.Cl. The van der Waals surface area contributed by atoms with E-state index in [0.717, 1.165) is 22.4 Å². The first-order valence-corrected chi connectivity index (χ1v) is 7.17. The van der Waals surface area contributed by atoms with Crippen molar-refractivity contribution in [1.29, 1.82) is 0 Å². The van der Waals surface area contributed by atoms with Crippen LogP contribution in [0.5, 0.6) is 5.75 Å². The Kier molecular flexibility index (Phi) is 9.38. The molecule has 2 N–H and O–H groups in total. The minimum atomic E-state index is 0. The Hall–Kier alpha value is -1.71. The minimum Gasteiger partial charge on any atom is -0.489 e. The standard InChI is InChI=1S/C18H22N2O.2ClH/c1-13(2)20-18(19)17-10-9-15(11-14(17)3)12-21-16-7-5-4-6-8-16;;/h4-11,13H,12H2,1-3H3,(H2,19,20);2*1H. The molecule has 0 unspecified atom stereocenters. The van der Waals surface area contributed by atoms with Gasteiger partial charge >= 0.3 is 0 Å². The average molecular weight is 355 g/mol. The molecule has 2 aromatic rings. The highest BCUT2D eigenvalue weighted by Crippen LogP contribution is 2.15. The predicted octanol–water partition coefficient (Wildman–Crippen LogP) is 4.53. The molecular weight excluding hydrogens is 331 g/mol. The van der Waals surface area contributed by atoms with Crippen molar-refractivity contribution in [2.24, 2.45) is 10.7 Å². The molecular formula is C18H24Cl2N2O. The molecule has 0 spiro atoms. The Balaban J connectivity index is 0.00000242. The third-order valence-electron chi connectivity index (χ3n) is 3.11. The molecule has 2 rings (SSSR count). The van der Waals surface area contributed by atoms with E-state index in [2.05, 4.69) is 11.1 Å². The summed E-state index contributed by atoms with van der Waals surface area (Å²) in [4.78, 5) is 4.39. The molecule has 0 heterocycles. The van der Waals surface area contributed by atoms with Gasteiger partial charge in [-0.05, 0) is 44.0 Å².